The standard InChI is InChI=1S/C39H47N5O6.2ClH/c40-27-10-12-29(13-11-27)44(39(49)50)33-21-24(9-14-30(33)26-6-2-1-3-7-26)5-4-8-36(47)42-28-19-25(20-28)22-41-23-35(46)31-15-17-34(45)38-32(31)16-18-37(48)43-38;;/h1-3,6-7,9,14-18,21,25,27-29,35,41,45-46H,4-5,8,10-13,19-20,22-23,40H2,(H,42,47)(H,43,48)(H,49,50);2*1H/t25-,27-,28-,29-,35-;;/m0../s1. The van der Waals surface area contributed by atoms with Gasteiger partial charge in [0.25, 0.3) is 0 Å². The van der Waals surface area contributed by atoms with Gasteiger partial charge in [-0.25, -0.2) is 4.79 Å². The number of H-pyrrole nitrogens is 1. The van der Waals surface area contributed by atoms with Gasteiger partial charge in [-0.1, -0.05) is 48.5 Å². The van der Waals surface area contributed by atoms with E-state index in [4.69, 9.17) is 5.73 Å². The first-order chi connectivity index (χ1) is 24.2. The highest BCUT2D eigenvalue weighted by Gasteiger charge is 2.32. The summed E-state index contributed by atoms with van der Waals surface area (Å²) in [6.07, 6.45) is 4.69. The molecule has 6 rings (SSSR count). The molecule has 0 radical (unpaired) electrons. The number of hydrogen-bond donors (Lipinski definition) is 7. The number of pyridine rings is 1. The van der Waals surface area contributed by atoms with Crippen LogP contribution in [-0.4, -0.2) is 63.5 Å². The smallest absolute Gasteiger partial charge is 0.412 e. The minimum atomic E-state index is -0.964. The van der Waals surface area contributed by atoms with Gasteiger partial charge in [0.05, 0.1) is 17.3 Å². The number of carboxylic acid groups (broad SMARTS) is 1. The molecule has 3 aromatic carbocycles. The molecule has 1 atom stereocenters. The summed E-state index contributed by atoms with van der Waals surface area (Å²) >= 11 is 0. The molecule has 0 unspecified atom stereocenters. The number of rotatable bonds is 13. The van der Waals surface area contributed by atoms with Crippen LogP contribution in [0.15, 0.2) is 77.6 Å². The number of nitrogens with two attached hydrogens (primary N) is 1. The van der Waals surface area contributed by atoms with Crippen LogP contribution in [0.3, 0.4) is 0 Å². The van der Waals surface area contributed by atoms with Crippen LogP contribution < -0.4 is 26.8 Å². The molecule has 52 heavy (non-hydrogen) atoms. The fourth-order valence-corrected chi connectivity index (χ4v) is 7.47. The van der Waals surface area contributed by atoms with Crippen LogP contribution in [0.5, 0.6) is 5.75 Å². The highest BCUT2D eigenvalue weighted by atomic mass is 35.5. The van der Waals surface area contributed by atoms with Crippen molar-refractivity contribution in [3.8, 4) is 16.9 Å². The summed E-state index contributed by atoms with van der Waals surface area (Å²) in [5.74, 6) is 0.360. The molecule has 280 valence electrons. The number of aryl methyl sites for hydroxylation is 1. The molecule has 1 aromatic heterocycles. The first-order valence-electron chi connectivity index (χ1n) is 17.7. The predicted octanol–water partition coefficient (Wildman–Crippen LogP) is 6.04. The molecular formula is C39H49Cl2N5O6. The lowest BCUT2D eigenvalue weighted by molar-refractivity contribution is -0.122. The van der Waals surface area contributed by atoms with E-state index in [1.165, 1.54) is 17.0 Å². The molecule has 1 heterocycles. The number of carbonyl (C=O) groups is 2. The number of aromatic nitrogens is 1. The maximum Gasteiger partial charge on any atom is 0.412 e. The third-order valence-electron chi connectivity index (χ3n) is 10.2. The fourth-order valence-electron chi connectivity index (χ4n) is 7.47. The highest BCUT2D eigenvalue weighted by molar-refractivity contribution is 5.94. The van der Waals surface area contributed by atoms with Crippen molar-refractivity contribution >= 4 is 53.4 Å². The SMILES string of the molecule is Cl.Cl.N[C@H]1CC[C@H](N(C(=O)O)c2cc(CCCC(=O)N[C@H]3C[C@H](CNC[C@H](O)c4ccc(O)c5[nH]c(=O)ccc45)C3)ccc2-c2ccccc2)CC1. The van der Waals surface area contributed by atoms with Crippen molar-refractivity contribution in [2.75, 3.05) is 18.0 Å². The van der Waals surface area contributed by atoms with Crippen molar-refractivity contribution in [2.24, 2.45) is 11.7 Å². The second-order valence-corrected chi connectivity index (χ2v) is 13.9. The number of amides is 2. The Morgan fingerprint density at radius 1 is 0.962 bits per heavy atom. The van der Waals surface area contributed by atoms with Crippen LogP contribution in [0.4, 0.5) is 10.5 Å². The van der Waals surface area contributed by atoms with Gasteiger partial charge in [-0.05, 0) is 98.7 Å². The van der Waals surface area contributed by atoms with E-state index in [0.29, 0.717) is 60.4 Å². The van der Waals surface area contributed by atoms with Crippen molar-refractivity contribution < 1.29 is 24.9 Å². The number of aliphatic hydroxyl groups excluding tert-OH is 1. The molecule has 2 amide bonds. The van der Waals surface area contributed by atoms with E-state index in [1.807, 2.05) is 48.5 Å². The quantitative estimate of drug-likeness (QED) is 0.0863. The van der Waals surface area contributed by atoms with Gasteiger partial charge in [0.2, 0.25) is 11.5 Å². The summed E-state index contributed by atoms with van der Waals surface area (Å²) in [7, 11) is 0. The van der Waals surface area contributed by atoms with Gasteiger partial charge >= 0.3 is 6.09 Å². The molecule has 2 saturated carbocycles. The molecule has 2 aliphatic carbocycles. The third kappa shape index (κ3) is 9.84. The molecule has 2 fully saturated rings. The average molecular weight is 755 g/mol. The topological polar surface area (TPSA) is 181 Å². The number of benzene rings is 3. The van der Waals surface area contributed by atoms with Gasteiger partial charge in [-0.2, -0.15) is 0 Å². The normalized spacial score (nSPS) is 20.1. The van der Waals surface area contributed by atoms with Gasteiger partial charge in [0, 0.05) is 48.1 Å². The number of carbonyl (C=O) groups excluding carboxylic acids is 1. The van der Waals surface area contributed by atoms with E-state index in [9.17, 15) is 29.7 Å². The molecule has 13 heteroatoms. The lowest BCUT2D eigenvalue weighted by Crippen LogP contribution is -2.47. The van der Waals surface area contributed by atoms with E-state index >= 15 is 0 Å². The number of fused-ring (bicyclic) bond motifs is 1. The zero-order valence-corrected chi connectivity index (χ0v) is 30.6. The van der Waals surface area contributed by atoms with Crippen molar-refractivity contribution in [3.63, 3.8) is 0 Å². The number of nitrogens with zero attached hydrogens (tertiary/aromatic N) is 1. The Morgan fingerprint density at radius 2 is 1.69 bits per heavy atom. The summed E-state index contributed by atoms with van der Waals surface area (Å²) < 4.78 is 0. The Hall–Kier alpha value is -4.13. The molecule has 4 aromatic rings. The third-order valence-corrected chi connectivity index (χ3v) is 10.2. The van der Waals surface area contributed by atoms with Gasteiger partial charge in [0.15, 0.2) is 0 Å². The number of aliphatic hydroxyl groups is 1. The van der Waals surface area contributed by atoms with E-state index in [1.54, 1.807) is 12.1 Å². The number of hydrogen-bond acceptors (Lipinski definition) is 7. The van der Waals surface area contributed by atoms with Crippen molar-refractivity contribution in [1.29, 1.82) is 0 Å². The van der Waals surface area contributed by atoms with Crippen LogP contribution in [-0.2, 0) is 11.2 Å². The zero-order chi connectivity index (χ0) is 35.2. The highest BCUT2D eigenvalue weighted by Crippen LogP contribution is 2.37. The maximum absolute atomic E-state index is 12.8. The minimum Gasteiger partial charge on any atom is -0.506 e. The van der Waals surface area contributed by atoms with Crippen molar-refractivity contribution in [3.05, 3.63) is 94.3 Å². The van der Waals surface area contributed by atoms with Crippen LogP contribution >= 0.6 is 24.8 Å². The first-order valence-corrected chi connectivity index (χ1v) is 17.7. The van der Waals surface area contributed by atoms with Crippen LogP contribution in [0.2, 0.25) is 0 Å². The summed E-state index contributed by atoms with van der Waals surface area (Å²) in [6, 6.07) is 22.1. The van der Waals surface area contributed by atoms with Crippen LogP contribution in [0.25, 0.3) is 22.0 Å². The van der Waals surface area contributed by atoms with Gasteiger partial charge < -0.3 is 36.7 Å². The largest absolute Gasteiger partial charge is 0.506 e. The maximum atomic E-state index is 12.8. The number of anilines is 1. The van der Waals surface area contributed by atoms with Crippen molar-refractivity contribution in [1.82, 2.24) is 15.6 Å². The molecule has 8 N–H and O–H groups in total. The molecular weight excluding hydrogens is 705 g/mol. The summed E-state index contributed by atoms with van der Waals surface area (Å²) in [6.45, 7) is 1.03. The summed E-state index contributed by atoms with van der Waals surface area (Å²) in [5, 5.41) is 38.3. The average Bonchev–Trinajstić information content (AvgIpc) is 3.08. The molecule has 0 aliphatic heterocycles. The molecule has 11 nitrogen and oxygen atoms in total. The monoisotopic (exact) mass is 753 g/mol. The van der Waals surface area contributed by atoms with E-state index in [-0.39, 0.29) is 60.2 Å². The van der Waals surface area contributed by atoms with Crippen LogP contribution in [0.1, 0.15) is 68.6 Å². The number of phenolic OH excluding ortho intramolecular Hbond substituents is 1. The van der Waals surface area contributed by atoms with Gasteiger partial charge in [-0.3, -0.25) is 14.5 Å². The lowest BCUT2D eigenvalue weighted by atomic mass is 9.80. The summed E-state index contributed by atoms with van der Waals surface area (Å²) in [4.78, 5) is 41.3. The van der Waals surface area contributed by atoms with Crippen molar-refractivity contribution in [2.45, 2.75) is 82.0 Å². The predicted molar refractivity (Wildman–Crippen MR) is 209 cm³/mol. The van der Waals surface area contributed by atoms with E-state index in [0.717, 1.165) is 55.2 Å². The number of aromatic amines is 1. The Morgan fingerprint density at radius 3 is 2.40 bits per heavy atom. The minimum absolute atomic E-state index is 0. The van der Waals surface area contributed by atoms with Gasteiger partial charge in [-0.15, -0.1) is 24.8 Å². The Balaban J connectivity index is 0.00000302. The number of phenols is 1. The Kier molecular flexibility index (Phi) is 14.5. The first kappa shape index (κ1) is 40.6. The zero-order valence-electron chi connectivity index (χ0n) is 29.0. The molecule has 0 bridgehead atoms. The number of halogens is 2. The van der Waals surface area contributed by atoms with E-state index in [2.05, 4.69) is 15.6 Å². The van der Waals surface area contributed by atoms with Crippen LogP contribution in [0, 0.1) is 5.92 Å². The lowest BCUT2D eigenvalue weighted by Gasteiger charge is -2.36. The van der Waals surface area contributed by atoms with E-state index < -0.39 is 12.2 Å². The second-order valence-electron chi connectivity index (χ2n) is 13.9. The number of nitrogens with one attached hydrogen (secondary N) is 3. The number of aromatic hydroxyl groups is 1. The molecule has 0 spiro atoms. The fraction of sp³-hybridized carbons (Fsp3) is 0.410. The summed E-state index contributed by atoms with van der Waals surface area (Å²) in [5.41, 5.74) is 10.3. The Bertz CT molecular complexity index is 1860. The van der Waals surface area contributed by atoms with Gasteiger partial charge in [0.1, 0.15) is 5.75 Å². The second kappa shape index (κ2) is 18.6. The molecule has 2 aliphatic rings. The Labute approximate surface area is 315 Å². The molecule has 0 saturated heterocycles.